The van der Waals surface area contributed by atoms with Crippen molar-refractivity contribution in [2.45, 2.75) is 113 Å². The second-order valence-electron chi connectivity index (χ2n) is 16.4. The number of aliphatic carboxylic acids is 3. The van der Waals surface area contributed by atoms with Gasteiger partial charge in [-0.2, -0.15) is 0 Å². The lowest BCUT2D eigenvalue weighted by molar-refractivity contribution is -0.145. The number of nitrogens with one attached hydrogen (secondary N) is 7. The zero-order chi connectivity index (χ0) is 52.9. The predicted molar refractivity (Wildman–Crippen MR) is 250 cm³/mol. The first-order valence-electron chi connectivity index (χ1n) is 22.0. The molecule has 20 N–H and O–H groups in total. The molecule has 0 aliphatic heterocycles. The molecule has 0 radical (unpaired) electrons. The van der Waals surface area contributed by atoms with Gasteiger partial charge in [-0.15, -0.1) is 0 Å². The van der Waals surface area contributed by atoms with Crippen molar-refractivity contribution >= 4 is 76.1 Å². The minimum Gasteiger partial charge on any atom is -0.508 e. The highest BCUT2D eigenvalue weighted by Crippen LogP contribution is 2.20. The summed E-state index contributed by atoms with van der Waals surface area (Å²) >= 11 is 0. The molecule has 27 heteroatoms. The Kier molecular flexibility index (Phi) is 22.2. The van der Waals surface area contributed by atoms with Crippen LogP contribution in [0.4, 0.5) is 0 Å². The Bertz CT molecular complexity index is 2420. The van der Waals surface area contributed by atoms with Gasteiger partial charge in [-0.05, 0) is 68.4 Å². The number of aliphatic hydroxyl groups is 1. The van der Waals surface area contributed by atoms with Crippen LogP contribution >= 0.6 is 0 Å². The highest BCUT2D eigenvalue weighted by Gasteiger charge is 2.35. The van der Waals surface area contributed by atoms with Gasteiger partial charge in [0.2, 0.25) is 41.4 Å². The second kappa shape index (κ2) is 27.6. The number of amides is 7. The molecule has 0 fully saturated rings. The van der Waals surface area contributed by atoms with Crippen molar-refractivity contribution in [2.24, 2.45) is 27.9 Å². The third-order valence-corrected chi connectivity index (χ3v) is 10.7. The van der Waals surface area contributed by atoms with Gasteiger partial charge >= 0.3 is 17.9 Å². The molecule has 0 spiro atoms. The summed E-state index contributed by atoms with van der Waals surface area (Å²) in [5.74, 6) is -12.6. The number of fused-ring (bicyclic) bond motifs is 1. The van der Waals surface area contributed by atoms with E-state index in [4.69, 9.17) is 22.9 Å². The van der Waals surface area contributed by atoms with Crippen LogP contribution in [0, 0.1) is 0 Å². The number of carbonyl (C=O) groups is 10. The number of aromatic hydroxyl groups is 1. The van der Waals surface area contributed by atoms with Gasteiger partial charge in [0.05, 0.1) is 18.6 Å². The number of phenolic OH excluding ortho intramolecular Hbond substituents is 1. The Morgan fingerprint density at radius 2 is 1.15 bits per heavy atom. The van der Waals surface area contributed by atoms with Gasteiger partial charge in [0, 0.05) is 42.9 Å². The van der Waals surface area contributed by atoms with Crippen molar-refractivity contribution in [1.29, 1.82) is 0 Å². The number of primary amides is 1. The van der Waals surface area contributed by atoms with Gasteiger partial charge in [-0.3, -0.25) is 48.1 Å². The third-order valence-electron chi connectivity index (χ3n) is 10.7. The predicted octanol–water partition coefficient (Wildman–Crippen LogP) is -3.98. The van der Waals surface area contributed by atoms with Gasteiger partial charge < -0.3 is 85.4 Å². The average molecular weight is 997 g/mol. The molecule has 27 nitrogen and oxygen atoms in total. The van der Waals surface area contributed by atoms with Crippen LogP contribution in [0.1, 0.15) is 63.0 Å². The summed E-state index contributed by atoms with van der Waals surface area (Å²) in [6.45, 7) is 1.00. The fourth-order valence-electron chi connectivity index (χ4n) is 6.97. The number of carboxylic acids is 3. The first kappa shape index (κ1) is 57.0. The van der Waals surface area contributed by atoms with Gasteiger partial charge in [0.15, 0.2) is 12.0 Å². The summed E-state index contributed by atoms with van der Waals surface area (Å²) in [5, 5.41) is 62.8. The van der Waals surface area contributed by atoms with Crippen molar-refractivity contribution < 1.29 is 73.5 Å². The molecule has 0 aliphatic rings. The lowest BCUT2D eigenvalue weighted by atomic mass is 10.0. The maximum absolute atomic E-state index is 14.4. The number of hydrogen-bond acceptors (Lipinski definition) is 14. The Hall–Kier alpha value is -8.33. The molecule has 71 heavy (non-hydrogen) atoms. The molecule has 2 aromatic carbocycles. The Balaban J connectivity index is 1.96. The van der Waals surface area contributed by atoms with E-state index in [1.165, 1.54) is 30.5 Å². The van der Waals surface area contributed by atoms with Gasteiger partial charge in [0.25, 0.3) is 0 Å². The van der Waals surface area contributed by atoms with Crippen LogP contribution in [-0.2, 0) is 60.8 Å². The number of aromatic nitrogens is 1. The number of nitrogens with zero attached hydrogens (tertiary/aromatic N) is 1. The Morgan fingerprint density at radius 1 is 0.634 bits per heavy atom. The van der Waals surface area contributed by atoms with Gasteiger partial charge in [-0.25, -0.2) is 4.79 Å². The summed E-state index contributed by atoms with van der Waals surface area (Å²) in [6, 6.07) is 0.885. The molecular weight excluding hydrogens is 937 g/mol. The first-order valence-corrected chi connectivity index (χ1v) is 22.0. The fourth-order valence-corrected chi connectivity index (χ4v) is 6.97. The number of H-pyrrole nitrogens is 1. The molecule has 3 rings (SSSR count). The van der Waals surface area contributed by atoms with Crippen LogP contribution in [0.25, 0.3) is 10.9 Å². The summed E-state index contributed by atoms with van der Waals surface area (Å²) < 4.78 is 0. The minimum atomic E-state index is -2.01. The number of carboxylic acid groups (broad SMARTS) is 3. The largest absolute Gasteiger partial charge is 0.508 e. The maximum Gasteiger partial charge on any atom is 0.328 e. The van der Waals surface area contributed by atoms with E-state index in [9.17, 15) is 73.5 Å². The van der Waals surface area contributed by atoms with Crippen molar-refractivity contribution in [1.82, 2.24) is 36.9 Å². The number of para-hydroxylation sites is 1. The summed E-state index contributed by atoms with van der Waals surface area (Å²) in [6.07, 6.45) is -4.04. The SMILES string of the molecule is C[C@@H](O)[C@H](NC(=O)[C@H](CCCN=C(N)N)NC(=O)[C@H](CC(=O)O)NC(=O)[C@H](CCC(N)=O)NC(=O)[C@H](Cc1c[nH]c2ccccc12)NC(=O)[C@H](CCC(=O)O)NC(=O)[C@@H](N)Cc1ccc(O)cc1)C(=O)O. The molecule has 0 saturated carbocycles. The standard InChI is InChI=1S/C44H60N12O15/c1-21(57)36(43(70)71)56-40(67)28(7-4-16-49-44(47)48)52-42(69)32(19-35(62)63)55-38(65)29(12-14-33(46)59)53-41(68)31(18-23-20-50-27-6-3-2-5-25(23)27)54-39(66)30(13-15-34(60)61)51-37(64)26(45)17-22-8-10-24(58)11-9-22/h2-3,5-6,8-11,20-21,26,28-32,36,50,57-58H,4,7,12-19,45H2,1H3,(H2,46,59)(H,51,64)(H,52,69)(H,53,68)(H,54,66)(H,55,65)(H,56,67)(H,60,61)(H,62,63)(H,70,71)(H4,47,48,49)/t21-,26+,28+,29+,30+,31+,32+,36+/m1/s1. The molecule has 7 amide bonds. The molecule has 0 aliphatic carbocycles. The van der Waals surface area contributed by atoms with Crippen LogP contribution in [0.2, 0.25) is 0 Å². The molecule has 1 aromatic heterocycles. The number of guanidine groups is 1. The van der Waals surface area contributed by atoms with E-state index in [0.29, 0.717) is 22.0 Å². The zero-order valence-corrected chi connectivity index (χ0v) is 38.5. The monoisotopic (exact) mass is 996 g/mol. The number of phenols is 1. The van der Waals surface area contributed by atoms with E-state index in [-0.39, 0.29) is 43.9 Å². The fraction of sp³-hybridized carbons (Fsp3) is 0.432. The topological polar surface area (TPSA) is 476 Å². The van der Waals surface area contributed by atoms with E-state index in [2.05, 4.69) is 41.9 Å². The average Bonchev–Trinajstić information content (AvgIpc) is 3.70. The number of rotatable bonds is 30. The molecule has 0 unspecified atom stereocenters. The van der Waals surface area contributed by atoms with E-state index in [1.807, 2.05) is 0 Å². The van der Waals surface area contributed by atoms with Crippen LogP contribution in [0.3, 0.4) is 0 Å². The number of aliphatic hydroxyl groups excluding tert-OH is 1. The van der Waals surface area contributed by atoms with Crippen LogP contribution in [0.15, 0.2) is 59.7 Å². The lowest BCUT2D eigenvalue weighted by Gasteiger charge is -2.27. The maximum atomic E-state index is 14.4. The molecular formula is C44H60N12O15. The number of nitrogens with two attached hydrogens (primary N) is 4. The van der Waals surface area contributed by atoms with E-state index in [1.54, 1.807) is 24.3 Å². The second-order valence-corrected chi connectivity index (χ2v) is 16.4. The van der Waals surface area contributed by atoms with Gasteiger partial charge in [0.1, 0.15) is 36.0 Å². The molecule has 8 atom stereocenters. The summed E-state index contributed by atoms with van der Waals surface area (Å²) in [7, 11) is 0. The summed E-state index contributed by atoms with van der Waals surface area (Å²) in [4.78, 5) is 137. The number of aliphatic imine (C=N–C) groups is 1. The number of aromatic amines is 1. The highest BCUT2D eigenvalue weighted by atomic mass is 16.4. The lowest BCUT2D eigenvalue weighted by Crippen LogP contribution is -2.60. The number of benzene rings is 2. The van der Waals surface area contributed by atoms with Crippen molar-refractivity contribution in [3.8, 4) is 5.75 Å². The van der Waals surface area contributed by atoms with Gasteiger partial charge in [-0.1, -0.05) is 30.3 Å². The van der Waals surface area contributed by atoms with Crippen molar-refractivity contribution in [3.05, 3.63) is 65.9 Å². The van der Waals surface area contributed by atoms with Crippen LogP contribution < -0.4 is 54.8 Å². The van der Waals surface area contributed by atoms with Crippen LogP contribution in [-0.4, -0.2) is 151 Å². The zero-order valence-electron chi connectivity index (χ0n) is 38.5. The van der Waals surface area contributed by atoms with Crippen molar-refractivity contribution in [3.63, 3.8) is 0 Å². The third kappa shape index (κ3) is 19.3. The van der Waals surface area contributed by atoms with E-state index >= 15 is 0 Å². The highest BCUT2D eigenvalue weighted by molar-refractivity contribution is 5.98. The van der Waals surface area contributed by atoms with Crippen molar-refractivity contribution in [2.75, 3.05) is 6.54 Å². The van der Waals surface area contributed by atoms with E-state index in [0.717, 1.165) is 6.92 Å². The smallest absolute Gasteiger partial charge is 0.328 e. The molecule has 0 saturated heterocycles. The normalized spacial score (nSPS) is 14.4. The Morgan fingerprint density at radius 3 is 1.72 bits per heavy atom. The summed E-state index contributed by atoms with van der Waals surface area (Å²) in [5.41, 5.74) is 23.8. The van der Waals surface area contributed by atoms with E-state index < -0.39 is 140 Å². The molecule has 386 valence electrons. The molecule has 3 aromatic rings. The van der Waals surface area contributed by atoms with Crippen LogP contribution in [0.5, 0.6) is 5.75 Å². The quantitative estimate of drug-likeness (QED) is 0.0172. The Labute approximate surface area is 404 Å². The number of carbonyl (C=O) groups excluding carboxylic acids is 7. The molecule has 1 heterocycles. The minimum absolute atomic E-state index is 0.00263. The molecule has 0 bridgehead atoms. The number of hydrogen-bond donors (Lipinski definition) is 16. The first-order chi connectivity index (χ1) is 33.4.